The molecule has 0 spiro atoms. The number of carbonyl (C=O) groups is 1. The molecule has 1 saturated heterocycles. The van der Waals surface area contributed by atoms with E-state index < -0.39 is 0 Å². The lowest BCUT2D eigenvalue weighted by atomic mass is 9.96. The Morgan fingerprint density at radius 1 is 1.04 bits per heavy atom. The van der Waals surface area contributed by atoms with E-state index >= 15 is 0 Å². The number of fused-ring (bicyclic) bond motifs is 1. The molecule has 1 saturated carbocycles. The molecule has 1 aromatic heterocycles. The molecule has 4 nitrogen and oxygen atoms in total. The van der Waals surface area contributed by atoms with Gasteiger partial charge in [-0.1, -0.05) is 25.0 Å². The van der Waals surface area contributed by atoms with Crippen molar-refractivity contribution in [2.24, 2.45) is 5.92 Å². The van der Waals surface area contributed by atoms with Crippen LogP contribution in [0.25, 0.3) is 10.9 Å². The van der Waals surface area contributed by atoms with Gasteiger partial charge in [-0.2, -0.15) is 0 Å². The van der Waals surface area contributed by atoms with Crippen LogP contribution in [0.4, 0.5) is 0 Å². The maximum atomic E-state index is 12.9. The van der Waals surface area contributed by atoms with Crippen molar-refractivity contribution in [3.05, 3.63) is 46.8 Å². The maximum Gasteiger partial charge on any atom is 0.242 e. The van der Waals surface area contributed by atoms with Gasteiger partial charge in [-0.25, -0.2) is 0 Å². The molecule has 0 radical (unpaired) electrons. The van der Waals surface area contributed by atoms with Crippen molar-refractivity contribution in [2.75, 3.05) is 6.54 Å². The van der Waals surface area contributed by atoms with E-state index in [2.05, 4.69) is 4.90 Å². The van der Waals surface area contributed by atoms with Gasteiger partial charge in [0.25, 0.3) is 0 Å². The first-order valence-corrected chi connectivity index (χ1v) is 9.12. The Labute approximate surface area is 142 Å². The van der Waals surface area contributed by atoms with E-state index in [0.29, 0.717) is 23.9 Å². The molecule has 1 aromatic carbocycles. The van der Waals surface area contributed by atoms with Crippen LogP contribution < -0.4 is 5.43 Å². The average molecular weight is 324 g/mol. The molecule has 2 aromatic rings. The molecule has 126 valence electrons. The lowest BCUT2D eigenvalue weighted by Gasteiger charge is -2.30. The van der Waals surface area contributed by atoms with Crippen molar-refractivity contribution in [3.63, 3.8) is 0 Å². The van der Waals surface area contributed by atoms with E-state index in [-0.39, 0.29) is 11.3 Å². The van der Waals surface area contributed by atoms with E-state index in [4.69, 9.17) is 0 Å². The number of benzene rings is 1. The van der Waals surface area contributed by atoms with E-state index in [1.807, 2.05) is 28.8 Å². The molecular weight excluding hydrogens is 300 g/mol. The third-order valence-electron chi connectivity index (χ3n) is 5.75. The van der Waals surface area contributed by atoms with Gasteiger partial charge in [0.15, 0.2) is 5.43 Å². The number of hydrogen-bond donors (Lipinski definition) is 0. The summed E-state index contributed by atoms with van der Waals surface area (Å²) in [5, 5.41) is 0.682. The molecule has 2 heterocycles. The van der Waals surface area contributed by atoms with Gasteiger partial charge in [-0.15, -0.1) is 0 Å². The Kier molecular flexibility index (Phi) is 4.13. The fourth-order valence-electron chi connectivity index (χ4n) is 4.57. The maximum absolute atomic E-state index is 12.9. The van der Waals surface area contributed by atoms with Gasteiger partial charge in [0, 0.05) is 30.2 Å². The molecule has 0 bridgehead atoms. The molecule has 1 aliphatic heterocycles. The van der Waals surface area contributed by atoms with Gasteiger partial charge in [0.05, 0.1) is 5.52 Å². The third kappa shape index (κ3) is 2.74. The Hall–Kier alpha value is -2.10. The minimum atomic E-state index is 0.0132. The zero-order valence-electron chi connectivity index (χ0n) is 14.0. The molecule has 24 heavy (non-hydrogen) atoms. The second-order valence-electron chi connectivity index (χ2n) is 7.17. The van der Waals surface area contributed by atoms with Crippen LogP contribution in [0.3, 0.4) is 0 Å². The van der Waals surface area contributed by atoms with Crippen LogP contribution in [0.2, 0.25) is 0 Å². The summed E-state index contributed by atoms with van der Waals surface area (Å²) >= 11 is 0. The topological polar surface area (TPSA) is 42.3 Å². The molecule has 0 unspecified atom stereocenters. The molecule has 2 aliphatic rings. The molecule has 2 fully saturated rings. The fourth-order valence-corrected chi connectivity index (χ4v) is 4.57. The second-order valence-corrected chi connectivity index (χ2v) is 7.17. The summed E-state index contributed by atoms with van der Waals surface area (Å²) in [6, 6.07) is 9.53. The van der Waals surface area contributed by atoms with Crippen LogP contribution in [0.5, 0.6) is 0 Å². The molecular formula is C20H24N2O2. The highest BCUT2D eigenvalue weighted by Gasteiger charge is 2.35. The van der Waals surface area contributed by atoms with Gasteiger partial charge < -0.3 is 9.47 Å². The van der Waals surface area contributed by atoms with E-state index in [9.17, 15) is 9.59 Å². The molecule has 4 rings (SSSR count). The highest BCUT2D eigenvalue weighted by atomic mass is 16.2. The smallest absolute Gasteiger partial charge is 0.242 e. The van der Waals surface area contributed by atoms with E-state index in [1.54, 1.807) is 12.3 Å². The Morgan fingerprint density at radius 3 is 2.67 bits per heavy atom. The summed E-state index contributed by atoms with van der Waals surface area (Å²) in [6.07, 6.45) is 9.20. The Bertz CT molecular complexity index is 805. The van der Waals surface area contributed by atoms with Gasteiger partial charge in [0.1, 0.15) is 6.54 Å². The van der Waals surface area contributed by atoms with Crippen molar-refractivity contribution in [2.45, 2.75) is 51.1 Å². The normalized spacial score (nSPS) is 21.7. The third-order valence-corrected chi connectivity index (χ3v) is 5.75. The van der Waals surface area contributed by atoms with Gasteiger partial charge in [0.2, 0.25) is 5.91 Å². The predicted octanol–water partition coefficient (Wildman–Crippen LogP) is 3.18. The number of nitrogens with zero attached hydrogens (tertiary/aromatic N) is 2. The number of carbonyl (C=O) groups excluding carboxylic acids is 1. The lowest BCUT2D eigenvalue weighted by Crippen LogP contribution is -2.41. The van der Waals surface area contributed by atoms with Crippen molar-refractivity contribution in [1.82, 2.24) is 9.47 Å². The number of hydrogen-bond acceptors (Lipinski definition) is 2. The Morgan fingerprint density at radius 2 is 1.83 bits per heavy atom. The summed E-state index contributed by atoms with van der Waals surface area (Å²) in [6.45, 7) is 1.21. The second kappa shape index (κ2) is 6.42. The molecule has 0 N–H and O–H groups in total. The first kappa shape index (κ1) is 15.4. The number of pyridine rings is 1. The summed E-state index contributed by atoms with van der Waals surface area (Å²) in [4.78, 5) is 27.0. The van der Waals surface area contributed by atoms with E-state index in [1.165, 1.54) is 25.7 Å². The van der Waals surface area contributed by atoms with Crippen molar-refractivity contribution < 1.29 is 4.79 Å². The van der Waals surface area contributed by atoms with Gasteiger partial charge >= 0.3 is 0 Å². The number of aromatic nitrogens is 1. The minimum absolute atomic E-state index is 0.0132. The molecule has 1 atom stereocenters. The zero-order chi connectivity index (χ0) is 16.5. The van der Waals surface area contributed by atoms with Crippen LogP contribution in [0.15, 0.2) is 41.3 Å². The summed E-state index contributed by atoms with van der Waals surface area (Å²) in [7, 11) is 0. The SMILES string of the molecule is O=C(Cn1ccc(=O)c2ccccc21)N1CCC[C@H]1C1CCCC1. The first-order chi connectivity index (χ1) is 11.7. The van der Waals surface area contributed by atoms with E-state index in [0.717, 1.165) is 24.9 Å². The van der Waals surface area contributed by atoms with Crippen LogP contribution >= 0.6 is 0 Å². The highest BCUT2D eigenvalue weighted by Crippen LogP contribution is 2.35. The van der Waals surface area contributed by atoms with Crippen LogP contribution in [0.1, 0.15) is 38.5 Å². The summed E-state index contributed by atoms with van der Waals surface area (Å²) < 4.78 is 1.92. The quantitative estimate of drug-likeness (QED) is 0.870. The lowest BCUT2D eigenvalue weighted by molar-refractivity contribution is -0.133. The van der Waals surface area contributed by atoms with Gasteiger partial charge in [-0.3, -0.25) is 9.59 Å². The van der Waals surface area contributed by atoms with Crippen molar-refractivity contribution in [1.29, 1.82) is 0 Å². The molecule has 1 aliphatic carbocycles. The highest BCUT2D eigenvalue weighted by molar-refractivity contribution is 5.82. The zero-order valence-corrected chi connectivity index (χ0v) is 14.0. The number of rotatable bonds is 3. The largest absolute Gasteiger partial charge is 0.338 e. The Balaban J connectivity index is 1.58. The van der Waals surface area contributed by atoms with Gasteiger partial charge in [-0.05, 0) is 43.7 Å². The van der Waals surface area contributed by atoms with Crippen LogP contribution in [-0.2, 0) is 11.3 Å². The fraction of sp³-hybridized carbons (Fsp3) is 0.500. The number of likely N-dealkylation sites (tertiary alicyclic amines) is 1. The number of amides is 1. The average Bonchev–Trinajstić information content (AvgIpc) is 3.28. The van der Waals surface area contributed by atoms with Crippen LogP contribution in [0, 0.1) is 5.92 Å². The van der Waals surface area contributed by atoms with Crippen molar-refractivity contribution >= 4 is 16.8 Å². The number of para-hydroxylation sites is 1. The summed E-state index contributed by atoms with van der Waals surface area (Å²) in [5.41, 5.74) is 0.856. The summed E-state index contributed by atoms with van der Waals surface area (Å²) in [5.74, 6) is 0.889. The minimum Gasteiger partial charge on any atom is -0.338 e. The molecule has 4 heteroatoms. The monoisotopic (exact) mass is 324 g/mol. The van der Waals surface area contributed by atoms with Crippen LogP contribution in [-0.4, -0.2) is 28.0 Å². The predicted molar refractivity (Wildman–Crippen MR) is 94.9 cm³/mol. The first-order valence-electron chi connectivity index (χ1n) is 9.12. The molecule has 1 amide bonds. The standard InChI is InChI=1S/C20H24N2O2/c23-19-11-13-21(18-9-4-3-8-16(18)19)14-20(24)22-12-5-10-17(22)15-6-1-2-7-15/h3-4,8-9,11,13,15,17H,1-2,5-7,10,12,14H2/t17-/m0/s1. The van der Waals surface area contributed by atoms with Crippen molar-refractivity contribution in [3.8, 4) is 0 Å².